The van der Waals surface area contributed by atoms with Crippen molar-refractivity contribution in [1.82, 2.24) is 10.3 Å². The topological polar surface area (TPSA) is 119 Å². The summed E-state index contributed by atoms with van der Waals surface area (Å²) < 4.78 is 21.9. The van der Waals surface area contributed by atoms with Crippen LogP contribution in [-0.2, 0) is 9.84 Å². The van der Waals surface area contributed by atoms with Gasteiger partial charge >= 0.3 is 0 Å². The smallest absolute Gasteiger partial charge is 0.300 e. The zero-order valence-electron chi connectivity index (χ0n) is 11.6. The minimum Gasteiger partial charge on any atom is -0.350 e. The van der Waals surface area contributed by atoms with Crippen LogP contribution in [0, 0.1) is 10.1 Å². The Kier molecular flexibility index (Phi) is 4.90. The first kappa shape index (κ1) is 17.3. The quantitative estimate of drug-likeness (QED) is 0.490. The van der Waals surface area contributed by atoms with Crippen LogP contribution in [0.2, 0.25) is 5.15 Å². The number of carbonyl (C=O) groups is 1. The Balaban J connectivity index is 3.01. The zero-order chi connectivity index (χ0) is 16.4. The molecule has 1 heterocycles. The maximum atomic E-state index is 12.0. The Morgan fingerprint density at radius 3 is 2.57 bits per heavy atom. The lowest BCUT2D eigenvalue weighted by molar-refractivity contribution is -0.385. The summed E-state index contributed by atoms with van der Waals surface area (Å²) in [5.41, 5.74) is -0.779. The number of nitrogens with one attached hydrogen (secondary N) is 1. The second-order valence-electron chi connectivity index (χ2n) is 5.00. The fraction of sp³-hybridized carbons (Fsp3) is 0.455. The summed E-state index contributed by atoms with van der Waals surface area (Å²) in [6.45, 7) is 2.69. The summed E-state index contributed by atoms with van der Waals surface area (Å²) in [6.07, 6.45) is 1.92. The van der Waals surface area contributed by atoms with Crippen molar-refractivity contribution in [2.75, 3.05) is 12.8 Å². The Bertz CT molecular complexity index is 687. The molecule has 0 aromatic carbocycles. The van der Waals surface area contributed by atoms with E-state index in [1.165, 1.54) is 13.8 Å². The van der Waals surface area contributed by atoms with Gasteiger partial charge in [-0.2, -0.15) is 0 Å². The van der Waals surface area contributed by atoms with E-state index in [4.69, 9.17) is 11.6 Å². The minimum atomic E-state index is -3.40. The van der Waals surface area contributed by atoms with Gasteiger partial charge in [0.25, 0.3) is 11.6 Å². The van der Waals surface area contributed by atoms with Gasteiger partial charge in [0.05, 0.1) is 9.67 Å². The molecular weight excluding hydrogens is 322 g/mol. The summed E-state index contributed by atoms with van der Waals surface area (Å²) in [4.78, 5) is 25.6. The average Bonchev–Trinajstić information content (AvgIpc) is 2.34. The molecule has 0 spiro atoms. The van der Waals surface area contributed by atoms with Crippen LogP contribution < -0.4 is 5.32 Å². The second-order valence-corrected chi connectivity index (χ2v) is 8.03. The third kappa shape index (κ3) is 4.11. The summed E-state index contributed by atoms with van der Waals surface area (Å²) in [5, 5.41) is 13.1. The summed E-state index contributed by atoms with van der Waals surface area (Å²) in [7, 11) is -3.40. The number of aromatic nitrogens is 1. The highest BCUT2D eigenvalue weighted by Gasteiger charge is 2.31. The largest absolute Gasteiger partial charge is 0.350 e. The van der Waals surface area contributed by atoms with Crippen LogP contribution in [0.1, 0.15) is 24.2 Å². The first-order valence-electron chi connectivity index (χ1n) is 5.73. The van der Waals surface area contributed by atoms with Crippen LogP contribution >= 0.6 is 11.6 Å². The Labute approximate surface area is 126 Å². The van der Waals surface area contributed by atoms with Crippen molar-refractivity contribution in [3.63, 3.8) is 0 Å². The van der Waals surface area contributed by atoms with Gasteiger partial charge in [-0.05, 0) is 19.9 Å². The number of hydrogen-bond acceptors (Lipinski definition) is 6. The molecule has 10 heteroatoms. The molecule has 8 nitrogen and oxygen atoms in total. The molecule has 0 radical (unpaired) electrons. The van der Waals surface area contributed by atoms with Crippen LogP contribution in [0.4, 0.5) is 5.69 Å². The first-order valence-corrected chi connectivity index (χ1v) is 8.00. The van der Waals surface area contributed by atoms with Crippen molar-refractivity contribution >= 4 is 33.0 Å². The predicted octanol–water partition coefficient (Wildman–Crippen LogP) is 1.20. The van der Waals surface area contributed by atoms with Crippen LogP contribution in [0.5, 0.6) is 0 Å². The number of rotatable bonds is 5. The van der Waals surface area contributed by atoms with Crippen LogP contribution in [0.25, 0.3) is 0 Å². The molecule has 1 aromatic heterocycles. The standard InChI is InChI=1S/C11H14ClN3O5S/c1-11(2,21(3,19)20)6-14-10(16)7-4-9(12)13-5-8(7)15(17)18/h4-5H,6H2,1-3H3,(H,14,16). The van der Waals surface area contributed by atoms with Gasteiger partial charge in [-0.15, -0.1) is 0 Å². The van der Waals surface area contributed by atoms with Crippen LogP contribution in [0.15, 0.2) is 12.3 Å². The van der Waals surface area contributed by atoms with E-state index in [9.17, 15) is 23.3 Å². The number of carbonyl (C=O) groups excluding carboxylic acids is 1. The number of nitro groups is 1. The van der Waals surface area contributed by atoms with Gasteiger partial charge < -0.3 is 5.32 Å². The molecule has 0 unspecified atom stereocenters. The molecule has 0 aliphatic carbocycles. The number of hydrogen-bond donors (Lipinski definition) is 1. The van der Waals surface area contributed by atoms with E-state index in [2.05, 4.69) is 10.3 Å². The monoisotopic (exact) mass is 335 g/mol. The molecule has 0 aliphatic heterocycles. The van der Waals surface area contributed by atoms with Crippen molar-refractivity contribution in [2.24, 2.45) is 0 Å². The molecular formula is C11H14ClN3O5S. The molecule has 21 heavy (non-hydrogen) atoms. The number of amides is 1. The minimum absolute atomic E-state index is 0.0758. The molecule has 0 aliphatic rings. The third-order valence-electron chi connectivity index (χ3n) is 2.97. The van der Waals surface area contributed by atoms with Gasteiger partial charge in [0.2, 0.25) is 0 Å². The molecule has 0 fully saturated rings. The molecule has 0 saturated carbocycles. The zero-order valence-corrected chi connectivity index (χ0v) is 13.2. The lowest BCUT2D eigenvalue weighted by Gasteiger charge is -2.22. The van der Waals surface area contributed by atoms with Crippen LogP contribution in [0.3, 0.4) is 0 Å². The second kappa shape index (κ2) is 5.94. The fourth-order valence-corrected chi connectivity index (χ4v) is 1.76. The average molecular weight is 336 g/mol. The Hall–Kier alpha value is -1.74. The van der Waals surface area contributed by atoms with E-state index >= 15 is 0 Å². The Morgan fingerprint density at radius 1 is 1.52 bits per heavy atom. The molecule has 0 atom stereocenters. The van der Waals surface area contributed by atoms with Crippen molar-refractivity contribution in [1.29, 1.82) is 0 Å². The van der Waals surface area contributed by atoms with Gasteiger partial charge in [0, 0.05) is 12.8 Å². The maximum Gasteiger partial charge on any atom is 0.300 e. The van der Waals surface area contributed by atoms with Gasteiger partial charge in [0.1, 0.15) is 16.9 Å². The molecule has 1 amide bonds. The van der Waals surface area contributed by atoms with Crippen LogP contribution in [-0.4, -0.2) is 41.8 Å². The number of nitrogens with zero attached hydrogens (tertiary/aromatic N) is 2. The molecule has 0 bridgehead atoms. The SMILES string of the molecule is CC(C)(CNC(=O)c1cc(Cl)ncc1[N+](=O)[O-])S(C)(=O)=O. The Morgan fingerprint density at radius 2 is 2.10 bits per heavy atom. The highest BCUT2D eigenvalue weighted by molar-refractivity contribution is 7.92. The van der Waals surface area contributed by atoms with E-state index in [-0.39, 0.29) is 17.3 Å². The van der Waals surface area contributed by atoms with E-state index in [0.29, 0.717) is 0 Å². The molecule has 116 valence electrons. The van der Waals surface area contributed by atoms with Gasteiger partial charge in [-0.25, -0.2) is 13.4 Å². The van der Waals surface area contributed by atoms with E-state index in [1.807, 2.05) is 0 Å². The highest BCUT2D eigenvalue weighted by Crippen LogP contribution is 2.21. The van der Waals surface area contributed by atoms with Gasteiger partial charge in [-0.3, -0.25) is 14.9 Å². The lowest BCUT2D eigenvalue weighted by Crippen LogP contribution is -2.43. The molecule has 0 saturated heterocycles. The number of pyridine rings is 1. The summed E-state index contributed by atoms with van der Waals surface area (Å²) in [5.74, 6) is -0.789. The van der Waals surface area contributed by atoms with Crippen molar-refractivity contribution in [3.05, 3.63) is 33.1 Å². The van der Waals surface area contributed by atoms with Crippen molar-refractivity contribution in [3.8, 4) is 0 Å². The first-order chi connectivity index (χ1) is 9.45. The molecule has 1 aromatic rings. The maximum absolute atomic E-state index is 12.0. The van der Waals surface area contributed by atoms with Gasteiger partial charge in [-0.1, -0.05) is 11.6 Å². The highest BCUT2D eigenvalue weighted by atomic mass is 35.5. The van der Waals surface area contributed by atoms with Gasteiger partial charge in [0.15, 0.2) is 9.84 Å². The van der Waals surface area contributed by atoms with E-state index in [1.54, 1.807) is 0 Å². The normalized spacial score (nSPS) is 12.0. The summed E-state index contributed by atoms with van der Waals surface area (Å²) in [6, 6.07) is 1.06. The van der Waals surface area contributed by atoms with Crippen molar-refractivity contribution in [2.45, 2.75) is 18.6 Å². The van der Waals surface area contributed by atoms with Crippen molar-refractivity contribution < 1.29 is 18.1 Å². The lowest BCUT2D eigenvalue weighted by atomic mass is 10.2. The molecule has 1 N–H and O–H groups in total. The summed E-state index contributed by atoms with van der Waals surface area (Å²) >= 11 is 5.62. The molecule has 1 rings (SSSR count). The third-order valence-corrected chi connectivity index (χ3v) is 5.33. The number of halogens is 1. The van der Waals surface area contributed by atoms with E-state index in [0.717, 1.165) is 18.5 Å². The predicted molar refractivity (Wildman–Crippen MR) is 77.2 cm³/mol. The van der Waals surface area contributed by atoms with E-state index < -0.39 is 31.1 Å². The fourth-order valence-electron chi connectivity index (χ4n) is 1.27. The number of sulfone groups is 1.